The molecule has 0 aliphatic carbocycles. The smallest absolute Gasteiger partial charge is 0.326 e. The number of amides is 1. The third kappa shape index (κ3) is 5.41. The summed E-state index contributed by atoms with van der Waals surface area (Å²) in [5.74, 6) is -1.93. The first-order valence-electron chi connectivity index (χ1n) is 6.66. The molecule has 0 unspecified atom stereocenters. The fourth-order valence-corrected chi connectivity index (χ4v) is 2.64. The molecular weight excluding hydrogens is 310 g/mol. The van der Waals surface area contributed by atoms with Crippen LogP contribution in [0.1, 0.15) is 20.3 Å². The van der Waals surface area contributed by atoms with E-state index in [-0.39, 0.29) is 23.8 Å². The average Bonchev–Trinajstić information content (AvgIpc) is 2.45. The minimum Gasteiger partial charge on any atom is -0.480 e. The number of carbonyl (C=O) groups is 2. The maximum Gasteiger partial charge on any atom is 0.326 e. The van der Waals surface area contributed by atoms with Gasteiger partial charge in [-0.2, -0.15) is 0 Å². The van der Waals surface area contributed by atoms with Crippen molar-refractivity contribution in [1.29, 1.82) is 0 Å². The Balaban J connectivity index is 2.50. The summed E-state index contributed by atoms with van der Waals surface area (Å²) in [5.41, 5.74) is 0. The molecule has 0 spiro atoms. The number of carboxylic acids is 1. The number of nitrogens with zero attached hydrogens (tertiary/aromatic N) is 1. The van der Waals surface area contributed by atoms with Gasteiger partial charge in [-0.05, 0) is 18.1 Å². The summed E-state index contributed by atoms with van der Waals surface area (Å²) in [7, 11) is -3.73. The number of hydrogen-bond donors (Lipinski definition) is 3. The van der Waals surface area contributed by atoms with Gasteiger partial charge in [0.2, 0.25) is 15.9 Å². The first kappa shape index (κ1) is 18.1. The molecule has 1 aromatic heterocycles. The van der Waals surface area contributed by atoms with Crippen molar-refractivity contribution in [2.45, 2.75) is 31.2 Å². The van der Waals surface area contributed by atoms with Gasteiger partial charge in [-0.25, -0.2) is 17.9 Å². The first-order chi connectivity index (χ1) is 10.2. The van der Waals surface area contributed by atoms with Crippen LogP contribution in [0.15, 0.2) is 29.4 Å². The number of rotatable bonds is 8. The zero-order valence-electron chi connectivity index (χ0n) is 12.3. The number of carboxylic acid groups (broad SMARTS) is 1. The number of sulfonamides is 1. The normalized spacial score (nSPS) is 12.9. The summed E-state index contributed by atoms with van der Waals surface area (Å²) in [6, 6.07) is 1.87. The van der Waals surface area contributed by atoms with Crippen LogP contribution >= 0.6 is 0 Å². The highest BCUT2D eigenvalue weighted by molar-refractivity contribution is 7.89. The molecule has 1 aromatic rings. The molecule has 0 radical (unpaired) electrons. The van der Waals surface area contributed by atoms with Crippen LogP contribution in [0, 0.1) is 5.92 Å². The largest absolute Gasteiger partial charge is 0.480 e. The van der Waals surface area contributed by atoms with Crippen LogP contribution in [-0.2, 0) is 19.6 Å². The van der Waals surface area contributed by atoms with Crippen molar-refractivity contribution >= 4 is 21.9 Å². The lowest BCUT2D eigenvalue weighted by molar-refractivity contribution is -0.143. The Kier molecular flexibility index (Phi) is 6.44. The molecule has 1 atom stereocenters. The van der Waals surface area contributed by atoms with Gasteiger partial charge in [0.15, 0.2) is 0 Å². The molecule has 0 aromatic carbocycles. The lowest BCUT2D eigenvalue weighted by atomic mass is 10.0. The SMILES string of the molecule is CC(C)[C@@H](NC(=O)CCNS(=O)(=O)c1cccnc1)C(=O)O. The van der Waals surface area contributed by atoms with Crippen LogP contribution < -0.4 is 10.0 Å². The number of aliphatic carboxylic acids is 1. The van der Waals surface area contributed by atoms with Crippen LogP contribution in [0.2, 0.25) is 0 Å². The van der Waals surface area contributed by atoms with Gasteiger partial charge >= 0.3 is 5.97 Å². The molecule has 9 heteroatoms. The van der Waals surface area contributed by atoms with Gasteiger partial charge in [0.1, 0.15) is 10.9 Å². The van der Waals surface area contributed by atoms with E-state index >= 15 is 0 Å². The lowest BCUT2D eigenvalue weighted by Crippen LogP contribution is -2.45. The van der Waals surface area contributed by atoms with Crippen molar-refractivity contribution < 1.29 is 23.1 Å². The van der Waals surface area contributed by atoms with E-state index in [1.54, 1.807) is 13.8 Å². The Labute approximate surface area is 129 Å². The van der Waals surface area contributed by atoms with Crippen molar-refractivity contribution in [3.05, 3.63) is 24.5 Å². The second-order valence-corrected chi connectivity index (χ2v) is 6.73. The topological polar surface area (TPSA) is 125 Å². The molecule has 1 amide bonds. The molecule has 1 rings (SSSR count). The summed E-state index contributed by atoms with van der Waals surface area (Å²) in [4.78, 5) is 26.3. The number of pyridine rings is 1. The van der Waals surface area contributed by atoms with Gasteiger partial charge in [-0.15, -0.1) is 0 Å². The van der Waals surface area contributed by atoms with Gasteiger partial charge in [0.25, 0.3) is 0 Å². The van der Waals surface area contributed by atoms with E-state index in [1.807, 2.05) is 0 Å². The van der Waals surface area contributed by atoms with E-state index in [2.05, 4.69) is 15.0 Å². The standard InChI is InChI=1S/C13H19N3O5S/c1-9(2)12(13(18)19)16-11(17)5-7-15-22(20,21)10-4-3-6-14-8-10/h3-4,6,8-9,12,15H,5,7H2,1-2H3,(H,16,17)(H,18,19)/t12-/m1/s1. The summed E-state index contributed by atoms with van der Waals surface area (Å²) in [5, 5.41) is 11.3. The van der Waals surface area contributed by atoms with Crippen molar-refractivity contribution in [3.63, 3.8) is 0 Å². The Hall–Kier alpha value is -2.00. The van der Waals surface area contributed by atoms with Gasteiger partial charge in [0, 0.05) is 25.4 Å². The Bertz CT molecular complexity index is 616. The highest BCUT2D eigenvalue weighted by Crippen LogP contribution is 2.05. The van der Waals surface area contributed by atoms with Gasteiger partial charge in [-0.3, -0.25) is 9.78 Å². The molecule has 0 saturated carbocycles. The van der Waals surface area contributed by atoms with Gasteiger partial charge < -0.3 is 10.4 Å². The van der Waals surface area contributed by atoms with Gasteiger partial charge in [-0.1, -0.05) is 13.8 Å². The van der Waals surface area contributed by atoms with Crippen LogP contribution in [0.5, 0.6) is 0 Å². The number of carbonyl (C=O) groups excluding carboxylic acids is 1. The van der Waals surface area contributed by atoms with E-state index in [4.69, 9.17) is 5.11 Å². The highest BCUT2D eigenvalue weighted by atomic mass is 32.2. The molecular formula is C13H19N3O5S. The number of nitrogens with one attached hydrogen (secondary N) is 2. The molecule has 22 heavy (non-hydrogen) atoms. The predicted octanol–water partition coefficient (Wildman–Crippen LogP) is -0.0246. The Morgan fingerprint density at radius 2 is 2.05 bits per heavy atom. The third-order valence-corrected chi connectivity index (χ3v) is 4.28. The predicted molar refractivity (Wildman–Crippen MR) is 78.4 cm³/mol. The summed E-state index contributed by atoms with van der Waals surface area (Å²) >= 11 is 0. The average molecular weight is 329 g/mol. The van der Waals surface area contributed by atoms with Crippen LogP contribution in [-0.4, -0.2) is 43.0 Å². The second kappa shape index (κ2) is 7.85. The number of hydrogen-bond acceptors (Lipinski definition) is 5. The molecule has 122 valence electrons. The minimum absolute atomic E-state index is 0.000927. The Morgan fingerprint density at radius 1 is 1.36 bits per heavy atom. The van der Waals surface area contributed by atoms with E-state index in [0.29, 0.717) is 0 Å². The van der Waals surface area contributed by atoms with Crippen molar-refractivity contribution in [2.24, 2.45) is 5.92 Å². The third-order valence-electron chi connectivity index (χ3n) is 2.84. The summed E-state index contributed by atoms with van der Waals surface area (Å²) in [6.45, 7) is 3.21. The lowest BCUT2D eigenvalue weighted by Gasteiger charge is -2.17. The molecule has 0 bridgehead atoms. The first-order valence-corrected chi connectivity index (χ1v) is 8.14. The quantitative estimate of drug-likeness (QED) is 0.615. The van der Waals surface area contributed by atoms with Crippen molar-refractivity contribution in [3.8, 4) is 0 Å². The maximum absolute atomic E-state index is 11.9. The Morgan fingerprint density at radius 3 is 2.55 bits per heavy atom. The van der Waals surface area contributed by atoms with Crippen molar-refractivity contribution in [1.82, 2.24) is 15.0 Å². The van der Waals surface area contributed by atoms with Crippen LogP contribution in [0.3, 0.4) is 0 Å². The summed E-state index contributed by atoms with van der Waals surface area (Å²) in [6.07, 6.45) is 2.49. The van der Waals surface area contributed by atoms with E-state index in [0.717, 1.165) is 0 Å². The zero-order valence-corrected chi connectivity index (χ0v) is 13.1. The monoisotopic (exact) mass is 329 g/mol. The van der Waals surface area contributed by atoms with Crippen LogP contribution in [0.4, 0.5) is 0 Å². The molecule has 0 aliphatic rings. The fraction of sp³-hybridized carbons (Fsp3) is 0.462. The molecule has 1 heterocycles. The zero-order chi connectivity index (χ0) is 16.8. The molecule has 0 aliphatic heterocycles. The molecule has 0 fully saturated rings. The molecule has 3 N–H and O–H groups in total. The molecule has 8 nitrogen and oxygen atoms in total. The summed E-state index contributed by atoms with van der Waals surface area (Å²) < 4.78 is 26.0. The fourth-order valence-electron chi connectivity index (χ4n) is 1.65. The van der Waals surface area contributed by atoms with Crippen molar-refractivity contribution in [2.75, 3.05) is 6.54 Å². The van der Waals surface area contributed by atoms with E-state index in [9.17, 15) is 18.0 Å². The second-order valence-electron chi connectivity index (χ2n) is 4.96. The highest BCUT2D eigenvalue weighted by Gasteiger charge is 2.23. The minimum atomic E-state index is -3.73. The van der Waals surface area contributed by atoms with E-state index < -0.39 is 27.9 Å². The van der Waals surface area contributed by atoms with Crippen LogP contribution in [0.25, 0.3) is 0 Å². The van der Waals surface area contributed by atoms with Gasteiger partial charge in [0.05, 0.1) is 0 Å². The molecule has 0 saturated heterocycles. The number of aromatic nitrogens is 1. The van der Waals surface area contributed by atoms with E-state index in [1.165, 1.54) is 24.5 Å². The maximum atomic E-state index is 11.9.